The van der Waals surface area contributed by atoms with Gasteiger partial charge in [-0.3, -0.25) is 0 Å². The lowest BCUT2D eigenvalue weighted by Crippen LogP contribution is -2.18. The van der Waals surface area contributed by atoms with E-state index in [-0.39, 0.29) is 0 Å². The smallest absolute Gasteiger partial charge is 0.156 e. The molecule has 5 nitrogen and oxygen atoms in total. The van der Waals surface area contributed by atoms with Crippen LogP contribution in [0.2, 0.25) is 0 Å². The van der Waals surface area contributed by atoms with Crippen molar-refractivity contribution < 1.29 is 4.74 Å². The number of ether oxygens (including phenoxy) is 1. The van der Waals surface area contributed by atoms with Gasteiger partial charge in [-0.05, 0) is 24.6 Å². The molecule has 3 heterocycles. The van der Waals surface area contributed by atoms with E-state index in [0.717, 1.165) is 47.7 Å². The number of nitrogens with zero attached hydrogens (tertiary/aromatic N) is 2. The maximum Gasteiger partial charge on any atom is 0.156 e. The first-order chi connectivity index (χ1) is 10.4. The fourth-order valence-corrected chi connectivity index (χ4v) is 2.62. The number of hydrogen-bond acceptors (Lipinski definition) is 4. The van der Waals surface area contributed by atoms with Gasteiger partial charge in [0.15, 0.2) is 5.65 Å². The normalized spacial score (nSPS) is 18.2. The molecule has 1 fully saturated rings. The highest BCUT2D eigenvalue weighted by molar-refractivity contribution is 5.75. The highest BCUT2D eigenvalue weighted by Crippen LogP contribution is 2.23. The van der Waals surface area contributed by atoms with Gasteiger partial charge in [-0.25, -0.2) is 9.97 Å². The van der Waals surface area contributed by atoms with Crippen LogP contribution in [0.1, 0.15) is 6.42 Å². The van der Waals surface area contributed by atoms with Crippen molar-refractivity contribution in [3.05, 3.63) is 42.7 Å². The summed E-state index contributed by atoms with van der Waals surface area (Å²) < 4.78 is 5.40. The monoisotopic (exact) mass is 280 g/mol. The van der Waals surface area contributed by atoms with Gasteiger partial charge in [0, 0.05) is 24.1 Å². The molecule has 5 heteroatoms. The van der Waals surface area contributed by atoms with E-state index in [9.17, 15) is 0 Å². The number of rotatable bonds is 3. The van der Waals surface area contributed by atoms with E-state index < -0.39 is 0 Å². The molecule has 1 aliphatic heterocycles. The average Bonchev–Trinajstić information content (AvgIpc) is 3.17. The Morgan fingerprint density at radius 1 is 1.29 bits per heavy atom. The van der Waals surface area contributed by atoms with Crippen molar-refractivity contribution in [3.8, 4) is 11.3 Å². The Morgan fingerprint density at radius 3 is 3.19 bits per heavy atom. The van der Waals surface area contributed by atoms with Crippen LogP contribution in [0.3, 0.4) is 0 Å². The lowest BCUT2D eigenvalue weighted by Gasteiger charge is -2.13. The summed E-state index contributed by atoms with van der Waals surface area (Å²) in [4.78, 5) is 12.1. The molecule has 106 valence electrons. The number of benzene rings is 1. The Hall–Kier alpha value is -2.40. The second-order valence-corrected chi connectivity index (χ2v) is 5.25. The summed E-state index contributed by atoms with van der Waals surface area (Å²) >= 11 is 0. The zero-order valence-electron chi connectivity index (χ0n) is 11.5. The van der Waals surface area contributed by atoms with Crippen LogP contribution in [0.15, 0.2) is 42.7 Å². The first-order valence-electron chi connectivity index (χ1n) is 7.13. The van der Waals surface area contributed by atoms with E-state index in [2.05, 4.69) is 38.5 Å². The standard InChI is InChI=1S/C16H16N4O/c1-2-11(8-12(3-1)19-13-5-7-21-10-13)15-9-18-16-14(20-15)4-6-17-16/h1-4,6,8-9,13,19H,5,7,10H2,(H,17,18). The number of H-pyrrole nitrogens is 1. The Bertz CT molecular complexity index is 762. The third kappa shape index (κ3) is 2.48. The largest absolute Gasteiger partial charge is 0.380 e. The van der Waals surface area contributed by atoms with E-state index in [1.165, 1.54) is 0 Å². The molecule has 1 aliphatic rings. The van der Waals surface area contributed by atoms with Crippen molar-refractivity contribution >= 4 is 16.9 Å². The van der Waals surface area contributed by atoms with Gasteiger partial charge in [-0.15, -0.1) is 0 Å². The maximum absolute atomic E-state index is 5.40. The molecule has 2 N–H and O–H groups in total. The number of fused-ring (bicyclic) bond motifs is 1. The van der Waals surface area contributed by atoms with Crippen molar-refractivity contribution in [2.75, 3.05) is 18.5 Å². The van der Waals surface area contributed by atoms with Crippen LogP contribution in [0.4, 0.5) is 5.69 Å². The number of anilines is 1. The van der Waals surface area contributed by atoms with E-state index in [1.807, 2.05) is 18.3 Å². The lowest BCUT2D eigenvalue weighted by atomic mass is 10.1. The maximum atomic E-state index is 5.40. The predicted octanol–water partition coefficient (Wildman–Crippen LogP) is 2.83. The number of aromatic amines is 1. The van der Waals surface area contributed by atoms with Gasteiger partial charge in [-0.1, -0.05) is 12.1 Å². The first kappa shape index (κ1) is 12.3. The molecular formula is C16H16N4O. The quantitative estimate of drug-likeness (QED) is 0.774. The van der Waals surface area contributed by atoms with Crippen LogP contribution in [-0.4, -0.2) is 34.2 Å². The third-order valence-electron chi connectivity index (χ3n) is 3.72. The highest BCUT2D eigenvalue weighted by Gasteiger charge is 2.15. The Kier molecular flexibility index (Phi) is 3.05. The summed E-state index contributed by atoms with van der Waals surface area (Å²) in [6.07, 6.45) is 4.71. The summed E-state index contributed by atoms with van der Waals surface area (Å²) in [7, 11) is 0. The summed E-state index contributed by atoms with van der Waals surface area (Å²) in [6, 6.07) is 10.6. The van der Waals surface area contributed by atoms with E-state index in [0.29, 0.717) is 6.04 Å². The number of nitrogens with one attached hydrogen (secondary N) is 2. The summed E-state index contributed by atoms with van der Waals surface area (Å²) in [6.45, 7) is 1.62. The SMILES string of the molecule is c1cc(NC2CCOC2)cc(-c2cnc3[nH]ccc3n2)c1. The average molecular weight is 280 g/mol. The molecule has 21 heavy (non-hydrogen) atoms. The summed E-state index contributed by atoms with van der Waals surface area (Å²) in [5.41, 5.74) is 4.74. The van der Waals surface area contributed by atoms with Crippen molar-refractivity contribution in [3.63, 3.8) is 0 Å². The van der Waals surface area contributed by atoms with E-state index >= 15 is 0 Å². The van der Waals surface area contributed by atoms with Gasteiger partial charge in [0.1, 0.15) is 5.52 Å². The van der Waals surface area contributed by atoms with Crippen LogP contribution < -0.4 is 5.32 Å². The van der Waals surface area contributed by atoms with Gasteiger partial charge in [0.25, 0.3) is 0 Å². The van der Waals surface area contributed by atoms with Gasteiger partial charge >= 0.3 is 0 Å². The van der Waals surface area contributed by atoms with Crippen LogP contribution in [0, 0.1) is 0 Å². The van der Waals surface area contributed by atoms with Crippen LogP contribution >= 0.6 is 0 Å². The summed E-state index contributed by atoms with van der Waals surface area (Å²) in [5.74, 6) is 0. The molecule has 0 aliphatic carbocycles. The molecule has 0 bridgehead atoms. The second-order valence-electron chi connectivity index (χ2n) is 5.25. The molecule has 3 aromatic rings. The molecule has 1 saturated heterocycles. The van der Waals surface area contributed by atoms with E-state index in [4.69, 9.17) is 4.74 Å². The highest BCUT2D eigenvalue weighted by atomic mass is 16.5. The number of hydrogen-bond donors (Lipinski definition) is 2. The molecule has 1 aromatic carbocycles. The molecule has 0 saturated carbocycles. The zero-order chi connectivity index (χ0) is 14.1. The van der Waals surface area contributed by atoms with Crippen molar-refractivity contribution in [2.24, 2.45) is 0 Å². The molecule has 0 spiro atoms. The topological polar surface area (TPSA) is 62.8 Å². The van der Waals surface area contributed by atoms with Crippen molar-refractivity contribution in [1.82, 2.24) is 15.0 Å². The number of aromatic nitrogens is 3. The zero-order valence-corrected chi connectivity index (χ0v) is 11.5. The minimum absolute atomic E-state index is 0.401. The second kappa shape index (κ2) is 5.18. The fourth-order valence-electron chi connectivity index (χ4n) is 2.62. The fraction of sp³-hybridized carbons (Fsp3) is 0.250. The molecule has 0 amide bonds. The van der Waals surface area contributed by atoms with Crippen LogP contribution in [-0.2, 0) is 4.74 Å². The van der Waals surface area contributed by atoms with Crippen LogP contribution in [0.25, 0.3) is 22.4 Å². The molecule has 4 rings (SSSR count). The molecule has 0 radical (unpaired) electrons. The Morgan fingerprint density at radius 2 is 2.29 bits per heavy atom. The Labute approximate surface area is 122 Å². The van der Waals surface area contributed by atoms with Crippen molar-refractivity contribution in [1.29, 1.82) is 0 Å². The molecule has 1 atom stereocenters. The molecule has 1 unspecified atom stereocenters. The van der Waals surface area contributed by atoms with Crippen molar-refractivity contribution in [2.45, 2.75) is 12.5 Å². The van der Waals surface area contributed by atoms with Crippen LogP contribution in [0.5, 0.6) is 0 Å². The molecular weight excluding hydrogens is 264 g/mol. The van der Waals surface area contributed by atoms with Gasteiger partial charge < -0.3 is 15.0 Å². The first-order valence-corrected chi connectivity index (χ1v) is 7.13. The van der Waals surface area contributed by atoms with E-state index in [1.54, 1.807) is 6.20 Å². The van der Waals surface area contributed by atoms with Gasteiger partial charge in [0.2, 0.25) is 0 Å². The van der Waals surface area contributed by atoms with Gasteiger partial charge in [0.05, 0.1) is 24.5 Å². The molecule has 2 aromatic heterocycles. The lowest BCUT2D eigenvalue weighted by molar-refractivity contribution is 0.195. The predicted molar refractivity (Wildman–Crippen MR) is 82.2 cm³/mol. The Balaban J connectivity index is 1.64. The minimum atomic E-state index is 0.401. The van der Waals surface area contributed by atoms with Gasteiger partial charge in [-0.2, -0.15) is 0 Å². The third-order valence-corrected chi connectivity index (χ3v) is 3.72. The minimum Gasteiger partial charge on any atom is -0.380 e. The summed E-state index contributed by atoms with van der Waals surface area (Å²) in [5, 5.41) is 3.50.